The highest BCUT2D eigenvalue weighted by Gasteiger charge is 2.31. The molecule has 1 heterocycles. The van der Waals surface area contributed by atoms with Gasteiger partial charge in [0.15, 0.2) is 0 Å². The zero-order valence-electron chi connectivity index (χ0n) is 11.7. The van der Waals surface area contributed by atoms with Crippen LogP contribution in [0.25, 0.3) is 0 Å². The monoisotopic (exact) mass is 253 g/mol. The van der Waals surface area contributed by atoms with Crippen molar-refractivity contribution in [2.45, 2.75) is 51.6 Å². The SMILES string of the molecule is CC1CCC(NC(=O)CN2CCC(N)CC2)C1C. The lowest BCUT2D eigenvalue weighted by Crippen LogP contribution is -2.47. The zero-order valence-corrected chi connectivity index (χ0v) is 11.7. The number of nitrogens with one attached hydrogen (secondary N) is 1. The van der Waals surface area contributed by atoms with E-state index >= 15 is 0 Å². The van der Waals surface area contributed by atoms with Gasteiger partial charge in [-0.2, -0.15) is 0 Å². The third kappa shape index (κ3) is 3.45. The maximum Gasteiger partial charge on any atom is 0.234 e. The quantitative estimate of drug-likeness (QED) is 0.787. The van der Waals surface area contributed by atoms with Crippen LogP contribution < -0.4 is 11.1 Å². The maximum absolute atomic E-state index is 12.0. The molecule has 3 N–H and O–H groups in total. The van der Waals surface area contributed by atoms with E-state index in [1.807, 2.05) is 0 Å². The molecule has 1 aliphatic carbocycles. The molecule has 3 atom stereocenters. The fourth-order valence-corrected chi connectivity index (χ4v) is 3.13. The van der Waals surface area contributed by atoms with E-state index in [-0.39, 0.29) is 5.91 Å². The molecule has 0 aromatic heterocycles. The Morgan fingerprint density at radius 1 is 1.22 bits per heavy atom. The summed E-state index contributed by atoms with van der Waals surface area (Å²) in [6.07, 6.45) is 4.41. The summed E-state index contributed by atoms with van der Waals surface area (Å²) in [6.45, 7) is 7.01. The molecule has 2 rings (SSSR count). The second-order valence-corrected chi connectivity index (χ2v) is 6.20. The normalized spacial score (nSPS) is 34.7. The van der Waals surface area contributed by atoms with Crippen molar-refractivity contribution in [3.8, 4) is 0 Å². The van der Waals surface area contributed by atoms with Gasteiger partial charge in [0.2, 0.25) is 5.91 Å². The van der Waals surface area contributed by atoms with E-state index in [9.17, 15) is 4.79 Å². The second-order valence-electron chi connectivity index (χ2n) is 6.20. The first kappa shape index (κ1) is 13.8. The lowest BCUT2D eigenvalue weighted by molar-refractivity contribution is -0.123. The summed E-state index contributed by atoms with van der Waals surface area (Å²) in [5.41, 5.74) is 5.87. The predicted molar refractivity (Wildman–Crippen MR) is 73.1 cm³/mol. The number of nitrogens with two attached hydrogens (primary N) is 1. The van der Waals surface area contributed by atoms with Crippen LogP contribution in [0.5, 0.6) is 0 Å². The third-order valence-corrected chi connectivity index (χ3v) is 4.81. The Balaban J connectivity index is 1.72. The summed E-state index contributed by atoms with van der Waals surface area (Å²) in [5.74, 6) is 1.54. The van der Waals surface area contributed by atoms with Crippen molar-refractivity contribution in [3.05, 3.63) is 0 Å². The fourth-order valence-electron chi connectivity index (χ4n) is 3.13. The number of amides is 1. The van der Waals surface area contributed by atoms with Crippen molar-refractivity contribution in [2.24, 2.45) is 17.6 Å². The highest BCUT2D eigenvalue weighted by atomic mass is 16.2. The van der Waals surface area contributed by atoms with Crippen LogP contribution in [0.2, 0.25) is 0 Å². The number of nitrogens with zero attached hydrogens (tertiary/aromatic N) is 1. The number of rotatable bonds is 3. The molecule has 104 valence electrons. The van der Waals surface area contributed by atoms with Crippen molar-refractivity contribution in [3.63, 3.8) is 0 Å². The van der Waals surface area contributed by atoms with Gasteiger partial charge in [0.25, 0.3) is 0 Å². The molecule has 4 heteroatoms. The number of carbonyl (C=O) groups is 1. The largest absolute Gasteiger partial charge is 0.352 e. The summed E-state index contributed by atoms with van der Waals surface area (Å²) in [7, 11) is 0. The van der Waals surface area contributed by atoms with Crippen LogP contribution in [0.1, 0.15) is 39.5 Å². The molecule has 1 amide bonds. The Morgan fingerprint density at radius 2 is 1.89 bits per heavy atom. The standard InChI is InChI=1S/C14H27N3O/c1-10-3-4-13(11(10)2)16-14(18)9-17-7-5-12(15)6-8-17/h10-13H,3-9,15H2,1-2H3,(H,16,18). The van der Waals surface area contributed by atoms with Crippen LogP contribution >= 0.6 is 0 Å². The molecule has 0 aromatic carbocycles. The minimum Gasteiger partial charge on any atom is -0.352 e. The first-order chi connectivity index (χ1) is 8.56. The predicted octanol–water partition coefficient (Wildman–Crippen LogP) is 0.960. The van der Waals surface area contributed by atoms with Gasteiger partial charge in [0.05, 0.1) is 6.54 Å². The molecule has 18 heavy (non-hydrogen) atoms. The van der Waals surface area contributed by atoms with E-state index in [1.165, 1.54) is 6.42 Å². The van der Waals surface area contributed by atoms with Crippen LogP contribution in [-0.4, -0.2) is 42.5 Å². The van der Waals surface area contributed by atoms with Gasteiger partial charge in [0.1, 0.15) is 0 Å². The van der Waals surface area contributed by atoms with E-state index in [4.69, 9.17) is 5.73 Å². The number of piperidine rings is 1. The first-order valence-electron chi connectivity index (χ1n) is 7.33. The van der Waals surface area contributed by atoms with Gasteiger partial charge in [-0.05, 0) is 37.5 Å². The molecular formula is C14H27N3O. The van der Waals surface area contributed by atoms with Gasteiger partial charge in [-0.1, -0.05) is 13.8 Å². The average molecular weight is 253 g/mol. The van der Waals surface area contributed by atoms with Crippen LogP contribution in [0.3, 0.4) is 0 Å². The highest BCUT2D eigenvalue weighted by Crippen LogP contribution is 2.30. The fraction of sp³-hybridized carbons (Fsp3) is 0.929. The molecule has 0 aromatic rings. The van der Waals surface area contributed by atoms with Crippen molar-refractivity contribution in [2.75, 3.05) is 19.6 Å². The van der Waals surface area contributed by atoms with Gasteiger partial charge < -0.3 is 11.1 Å². The van der Waals surface area contributed by atoms with E-state index in [0.29, 0.717) is 24.5 Å². The molecule has 2 fully saturated rings. The Kier molecular flexibility index (Phi) is 4.62. The van der Waals surface area contributed by atoms with Crippen LogP contribution in [0.15, 0.2) is 0 Å². The molecule has 4 nitrogen and oxygen atoms in total. The number of carbonyl (C=O) groups excluding carboxylic acids is 1. The molecular weight excluding hydrogens is 226 g/mol. The summed E-state index contributed by atoms with van der Waals surface area (Å²) in [6, 6.07) is 0.722. The van der Waals surface area contributed by atoms with Gasteiger partial charge in [-0.25, -0.2) is 0 Å². The van der Waals surface area contributed by atoms with Crippen molar-refractivity contribution >= 4 is 5.91 Å². The van der Waals surface area contributed by atoms with Gasteiger partial charge in [-0.15, -0.1) is 0 Å². The molecule has 0 bridgehead atoms. The summed E-state index contributed by atoms with van der Waals surface area (Å²) >= 11 is 0. The topological polar surface area (TPSA) is 58.4 Å². The summed E-state index contributed by atoms with van der Waals surface area (Å²) in [5, 5.41) is 3.21. The number of likely N-dealkylation sites (tertiary alicyclic amines) is 1. The lowest BCUT2D eigenvalue weighted by atomic mass is 9.98. The Bertz CT molecular complexity index is 287. The number of hydrogen-bond acceptors (Lipinski definition) is 3. The van der Waals surface area contributed by atoms with E-state index in [1.54, 1.807) is 0 Å². The van der Waals surface area contributed by atoms with E-state index in [2.05, 4.69) is 24.1 Å². The molecule has 0 radical (unpaired) electrons. The van der Waals surface area contributed by atoms with Gasteiger partial charge in [0, 0.05) is 25.2 Å². The van der Waals surface area contributed by atoms with Crippen LogP contribution in [0.4, 0.5) is 0 Å². The number of hydrogen-bond donors (Lipinski definition) is 2. The average Bonchev–Trinajstić information content (AvgIpc) is 2.64. The van der Waals surface area contributed by atoms with Gasteiger partial charge in [-0.3, -0.25) is 9.69 Å². The molecule has 1 saturated heterocycles. The van der Waals surface area contributed by atoms with E-state index < -0.39 is 0 Å². The smallest absolute Gasteiger partial charge is 0.234 e. The molecule has 1 aliphatic heterocycles. The van der Waals surface area contributed by atoms with Crippen molar-refractivity contribution in [1.82, 2.24) is 10.2 Å². The molecule has 1 saturated carbocycles. The minimum atomic E-state index is 0.191. The molecule has 2 aliphatic rings. The first-order valence-corrected chi connectivity index (χ1v) is 7.33. The Hall–Kier alpha value is -0.610. The molecule has 3 unspecified atom stereocenters. The lowest BCUT2D eigenvalue weighted by Gasteiger charge is -2.30. The zero-order chi connectivity index (χ0) is 13.1. The highest BCUT2D eigenvalue weighted by molar-refractivity contribution is 5.78. The van der Waals surface area contributed by atoms with Crippen LogP contribution in [0, 0.1) is 11.8 Å². The van der Waals surface area contributed by atoms with E-state index in [0.717, 1.165) is 38.3 Å². The van der Waals surface area contributed by atoms with Crippen molar-refractivity contribution < 1.29 is 4.79 Å². The summed E-state index contributed by atoms with van der Waals surface area (Å²) < 4.78 is 0. The van der Waals surface area contributed by atoms with Crippen molar-refractivity contribution in [1.29, 1.82) is 0 Å². The molecule has 0 spiro atoms. The Morgan fingerprint density at radius 3 is 2.44 bits per heavy atom. The Labute approximate surface area is 110 Å². The third-order valence-electron chi connectivity index (χ3n) is 4.81. The summed E-state index contributed by atoms with van der Waals surface area (Å²) in [4.78, 5) is 14.2. The maximum atomic E-state index is 12.0. The minimum absolute atomic E-state index is 0.191. The second kappa shape index (κ2) is 6.02. The van der Waals surface area contributed by atoms with Crippen LogP contribution in [-0.2, 0) is 4.79 Å². The van der Waals surface area contributed by atoms with Gasteiger partial charge >= 0.3 is 0 Å².